The predicted octanol–water partition coefficient (Wildman–Crippen LogP) is 3.91. The number of alkyl halides is 1. The van der Waals surface area contributed by atoms with Gasteiger partial charge in [-0.05, 0) is 17.9 Å². The molecule has 0 saturated heterocycles. The van der Waals surface area contributed by atoms with Gasteiger partial charge in [0.1, 0.15) is 0 Å². The Labute approximate surface area is 98.2 Å². The number of halogens is 1. The molecular formula is C12H27ClSi. The average Bonchev–Trinajstić information content (AvgIpc) is 2.09. The monoisotopic (exact) mass is 234 g/mol. The fraction of sp³-hybridized carbons (Fsp3) is 1.00. The zero-order chi connectivity index (χ0) is 11.2. The topological polar surface area (TPSA) is 0 Å². The summed E-state index contributed by atoms with van der Waals surface area (Å²) in [5, 5.41) is 0.360. The second kappa shape index (κ2) is 6.17. The molecule has 0 bridgehead atoms. The summed E-state index contributed by atoms with van der Waals surface area (Å²) >= 11 is 6.81. The third kappa shape index (κ3) is 4.35. The summed E-state index contributed by atoms with van der Waals surface area (Å²) in [4.78, 5) is 0.0746. The van der Waals surface area contributed by atoms with Gasteiger partial charge in [-0.3, -0.25) is 0 Å². The van der Waals surface area contributed by atoms with Crippen molar-refractivity contribution < 1.29 is 0 Å². The molecule has 0 heterocycles. The summed E-state index contributed by atoms with van der Waals surface area (Å²) in [5.41, 5.74) is 0. The minimum Gasteiger partial charge on any atom is -0.119 e. The molecule has 86 valence electrons. The van der Waals surface area contributed by atoms with Gasteiger partial charge in [-0.15, -0.1) is 11.6 Å². The first-order chi connectivity index (χ1) is 6.37. The van der Waals surface area contributed by atoms with E-state index in [2.05, 4.69) is 27.7 Å². The van der Waals surface area contributed by atoms with Gasteiger partial charge >= 0.3 is 0 Å². The van der Waals surface area contributed by atoms with E-state index in [1.807, 2.05) is 0 Å². The normalized spacial score (nSPS) is 13.5. The van der Waals surface area contributed by atoms with Gasteiger partial charge in [0.25, 0.3) is 0 Å². The van der Waals surface area contributed by atoms with E-state index in [1.54, 1.807) is 0 Å². The molecular weight excluding hydrogens is 208 g/mol. The first-order valence-corrected chi connectivity index (χ1v) is 7.44. The van der Waals surface area contributed by atoms with Crippen molar-refractivity contribution in [3.63, 3.8) is 0 Å². The molecule has 0 nitrogen and oxygen atoms in total. The summed E-state index contributed by atoms with van der Waals surface area (Å²) in [6.45, 7) is 9.16. The SMILES string of the molecule is CCCCC(Cl)(CCCC)C(C)(C)[SiH3]. The minimum absolute atomic E-state index is 0.0746. The van der Waals surface area contributed by atoms with Crippen LogP contribution in [-0.2, 0) is 0 Å². The average molecular weight is 235 g/mol. The van der Waals surface area contributed by atoms with Crippen LogP contribution in [0.5, 0.6) is 0 Å². The maximum atomic E-state index is 6.81. The standard InChI is InChI=1S/C12H27ClSi/c1-5-7-9-12(13,10-8-6-2)11(3,4)14/h5-10H2,1-4,14H3. The Morgan fingerprint density at radius 2 is 1.36 bits per heavy atom. The predicted molar refractivity (Wildman–Crippen MR) is 71.6 cm³/mol. The molecule has 2 heteroatoms. The van der Waals surface area contributed by atoms with Crippen LogP contribution in [0.4, 0.5) is 0 Å². The van der Waals surface area contributed by atoms with Crippen LogP contribution in [0.1, 0.15) is 66.2 Å². The zero-order valence-corrected chi connectivity index (χ0v) is 13.4. The Bertz CT molecular complexity index is 141. The minimum atomic E-state index is 0.0746. The van der Waals surface area contributed by atoms with Crippen LogP contribution < -0.4 is 0 Å². The summed E-state index contributed by atoms with van der Waals surface area (Å²) in [6.07, 6.45) is 7.47. The van der Waals surface area contributed by atoms with Crippen molar-refractivity contribution in [3.8, 4) is 0 Å². The van der Waals surface area contributed by atoms with Gasteiger partial charge in [0, 0.05) is 15.1 Å². The molecule has 0 fully saturated rings. The lowest BCUT2D eigenvalue weighted by molar-refractivity contribution is 0.370. The van der Waals surface area contributed by atoms with Crippen LogP contribution in [0.3, 0.4) is 0 Å². The first-order valence-electron chi connectivity index (χ1n) is 6.06. The third-order valence-corrected chi connectivity index (χ3v) is 5.42. The highest BCUT2D eigenvalue weighted by atomic mass is 35.5. The van der Waals surface area contributed by atoms with Crippen molar-refractivity contribution in [1.29, 1.82) is 0 Å². The fourth-order valence-corrected chi connectivity index (χ4v) is 2.56. The third-order valence-electron chi connectivity index (χ3n) is 3.20. The maximum absolute atomic E-state index is 6.81. The van der Waals surface area contributed by atoms with Gasteiger partial charge in [-0.1, -0.05) is 53.4 Å². The Balaban J connectivity index is 4.33. The Morgan fingerprint density at radius 3 is 1.57 bits per heavy atom. The van der Waals surface area contributed by atoms with Crippen molar-refractivity contribution in [2.24, 2.45) is 0 Å². The van der Waals surface area contributed by atoms with E-state index in [0.29, 0.717) is 5.04 Å². The zero-order valence-electron chi connectivity index (χ0n) is 10.6. The van der Waals surface area contributed by atoms with Crippen molar-refractivity contribution in [3.05, 3.63) is 0 Å². The van der Waals surface area contributed by atoms with E-state index in [9.17, 15) is 0 Å². The molecule has 0 aliphatic rings. The molecule has 0 atom stereocenters. The Morgan fingerprint density at radius 1 is 1.00 bits per heavy atom. The smallest absolute Gasteiger partial charge is 0.0465 e. The van der Waals surface area contributed by atoms with Crippen LogP contribution in [0, 0.1) is 0 Å². The first kappa shape index (κ1) is 14.5. The van der Waals surface area contributed by atoms with Gasteiger partial charge < -0.3 is 0 Å². The van der Waals surface area contributed by atoms with Crippen LogP contribution in [0.15, 0.2) is 0 Å². The highest BCUT2D eigenvalue weighted by Gasteiger charge is 2.38. The quantitative estimate of drug-likeness (QED) is 0.463. The van der Waals surface area contributed by atoms with Crippen LogP contribution in [0.2, 0.25) is 5.04 Å². The van der Waals surface area contributed by atoms with Crippen LogP contribution >= 0.6 is 11.6 Å². The molecule has 0 unspecified atom stereocenters. The van der Waals surface area contributed by atoms with Gasteiger partial charge in [0.15, 0.2) is 0 Å². The van der Waals surface area contributed by atoms with Crippen molar-refractivity contribution in [2.45, 2.75) is 76.1 Å². The van der Waals surface area contributed by atoms with E-state index in [-0.39, 0.29) is 4.87 Å². The van der Waals surface area contributed by atoms with Gasteiger partial charge in [0.2, 0.25) is 0 Å². The molecule has 0 radical (unpaired) electrons. The van der Waals surface area contributed by atoms with Crippen molar-refractivity contribution in [1.82, 2.24) is 0 Å². The fourth-order valence-electron chi connectivity index (χ4n) is 1.79. The number of hydrogen-bond acceptors (Lipinski definition) is 0. The second-order valence-corrected chi connectivity index (χ2v) is 8.65. The molecule has 0 amide bonds. The Kier molecular flexibility index (Phi) is 6.39. The van der Waals surface area contributed by atoms with E-state index in [1.165, 1.54) is 48.8 Å². The highest BCUT2D eigenvalue weighted by molar-refractivity contribution is 6.31. The summed E-state index contributed by atoms with van der Waals surface area (Å²) in [5.74, 6) is 0. The molecule has 0 saturated carbocycles. The van der Waals surface area contributed by atoms with Gasteiger partial charge in [-0.25, -0.2) is 0 Å². The largest absolute Gasteiger partial charge is 0.119 e. The lowest BCUT2D eigenvalue weighted by atomic mass is 9.84. The summed E-state index contributed by atoms with van der Waals surface area (Å²) < 4.78 is 0. The number of hydrogen-bond donors (Lipinski definition) is 0. The van der Waals surface area contributed by atoms with E-state index >= 15 is 0 Å². The highest BCUT2D eigenvalue weighted by Crippen LogP contribution is 2.47. The molecule has 0 aliphatic carbocycles. The van der Waals surface area contributed by atoms with Crippen molar-refractivity contribution >= 4 is 21.8 Å². The Hall–Kier alpha value is 0.507. The van der Waals surface area contributed by atoms with Gasteiger partial charge in [-0.2, -0.15) is 0 Å². The van der Waals surface area contributed by atoms with E-state index < -0.39 is 0 Å². The molecule has 0 aromatic rings. The molecule has 0 N–H and O–H groups in total. The molecule has 0 aromatic heterocycles. The van der Waals surface area contributed by atoms with E-state index in [4.69, 9.17) is 11.6 Å². The van der Waals surface area contributed by atoms with Gasteiger partial charge in [0.05, 0.1) is 0 Å². The summed E-state index contributed by atoms with van der Waals surface area (Å²) in [6, 6.07) is 0. The molecule has 0 aromatic carbocycles. The van der Waals surface area contributed by atoms with Crippen LogP contribution in [0.25, 0.3) is 0 Å². The van der Waals surface area contributed by atoms with Crippen LogP contribution in [-0.4, -0.2) is 15.1 Å². The number of rotatable bonds is 7. The lowest BCUT2D eigenvalue weighted by Crippen LogP contribution is -2.34. The maximum Gasteiger partial charge on any atom is 0.0465 e. The lowest BCUT2D eigenvalue weighted by Gasteiger charge is -2.40. The molecule has 14 heavy (non-hydrogen) atoms. The van der Waals surface area contributed by atoms with E-state index in [0.717, 1.165) is 0 Å². The molecule has 0 rings (SSSR count). The second-order valence-electron chi connectivity index (χ2n) is 5.42. The molecule has 0 aliphatic heterocycles. The van der Waals surface area contributed by atoms with Crippen molar-refractivity contribution in [2.75, 3.05) is 0 Å². The number of unbranched alkanes of at least 4 members (excludes halogenated alkanes) is 2. The summed E-state index contributed by atoms with van der Waals surface area (Å²) in [7, 11) is 1.19. The molecule has 0 spiro atoms.